The second-order valence-corrected chi connectivity index (χ2v) is 6.32. The molecule has 124 valence electrons. The van der Waals surface area contributed by atoms with Gasteiger partial charge in [-0.3, -0.25) is 4.79 Å². The summed E-state index contributed by atoms with van der Waals surface area (Å²) in [4.78, 5) is 25.0. The average Bonchev–Trinajstić information content (AvgIpc) is 2.38. The molecular weight excluding hydrogens is 291 g/mol. The highest BCUT2D eigenvalue weighted by Crippen LogP contribution is 2.35. The lowest BCUT2D eigenvalue weighted by atomic mass is 9.82. The molecule has 0 aliphatic carbocycles. The molecule has 0 N–H and O–H groups in total. The van der Waals surface area contributed by atoms with Gasteiger partial charge < -0.3 is 14.4 Å². The van der Waals surface area contributed by atoms with Crippen molar-refractivity contribution in [1.82, 2.24) is 4.90 Å². The number of hydrogen-bond acceptors (Lipinski definition) is 5. The Morgan fingerprint density at radius 3 is 2.32 bits per heavy atom. The Kier molecular flexibility index (Phi) is 5.75. The Hall–Kier alpha value is -1.84. The van der Waals surface area contributed by atoms with Gasteiger partial charge in [0.05, 0.1) is 12.7 Å². The number of amides is 1. The molecule has 0 spiro atoms. The minimum absolute atomic E-state index is 0.0940. The van der Waals surface area contributed by atoms with E-state index in [2.05, 4.69) is 0 Å². The van der Waals surface area contributed by atoms with Gasteiger partial charge in [-0.15, -0.1) is 0 Å². The van der Waals surface area contributed by atoms with Crippen LogP contribution in [-0.4, -0.2) is 47.9 Å². The van der Waals surface area contributed by atoms with E-state index in [1.165, 1.54) is 4.90 Å². The highest BCUT2D eigenvalue weighted by atomic mass is 19.1. The number of esters is 1. The lowest BCUT2D eigenvalue weighted by molar-refractivity contribution is -0.152. The van der Waals surface area contributed by atoms with Gasteiger partial charge in [-0.25, -0.2) is 9.18 Å². The van der Waals surface area contributed by atoms with E-state index < -0.39 is 29.3 Å². The van der Waals surface area contributed by atoms with Crippen molar-refractivity contribution in [1.29, 1.82) is 5.26 Å². The minimum Gasteiger partial charge on any atom is -0.465 e. The molecule has 0 saturated carbocycles. The molecule has 1 heterocycles. The molecule has 0 aromatic rings. The number of alkyl halides is 1. The third-order valence-electron chi connectivity index (χ3n) is 3.42. The second kappa shape index (κ2) is 6.95. The Bertz CT molecular complexity index is 459. The van der Waals surface area contributed by atoms with Crippen LogP contribution in [0.25, 0.3) is 0 Å². The molecule has 1 atom stereocenters. The first kappa shape index (κ1) is 18.2. The zero-order chi connectivity index (χ0) is 17.0. The Labute approximate surface area is 130 Å². The van der Waals surface area contributed by atoms with E-state index in [1.807, 2.05) is 0 Å². The van der Waals surface area contributed by atoms with Crippen LogP contribution in [0.4, 0.5) is 9.18 Å². The summed E-state index contributed by atoms with van der Waals surface area (Å²) in [6.07, 6.45) is -0.703. The second-order valence-electron chi connectivity index (χ2n) is 6.32. The van der Waals surface area contributed by atoms with Crippen LogP contribution in [0.1, 0.15) is 40.5 Å². The summed E-state index contributed by atoms with van der Waals surface area (Å²) >= 11 is 0. The number of hydrogen-bond donors (Lipinski definition) is 0. The summed E-state index contributed by atoms with van der Waals surface area (Å²) in [7, 11) is 0. The maximum absolute atomic E-state index is 14.9. The van der Waals surface area contributed by atoms with Crippen LogP contribution in [0.2, 0.25) is 0 Å². The van der Waals surface area contributed by atoms with Gasteiger partial charge in [0.15, 0.2) is 5.92 Å². The first-order chi connectivity index (χ1) is 10.1. The molecule has 1 fully saturated rings. The molecule has 0 aromatic heterocycles. The van der Waals surface area contributed by atoms with Crippen molar-refractivity contribution in [2.75, 3.05) is 19.7 Å². The van der Waals surface area contributed by atoms with Crippen molar-refractivity contribution >= 4 is 12.1 Å². The average molecular weight is 314 g/mol. The summed E-state index contributed by atoms with van der Waals surface area (Å²) in [6, 6.07) is 1.69. The number of piperidine rings is 1. The molecular formula is C15H23FN2O4. The predicted octanol–water partition coefficient (Wildman–Crippen LogP) is 2.43. The number of nitriles is 1. The smallest absolute Gasteiger partial charge is 0.410 e. The highest BCUT2D eigenvalue weighted by molar-refractivity contribution is 5.77. The SMILES string of the molecule is CCOC(=O)C(C#N)C1(F)CCN(C(=O)OC(C)(C)C)CC1. The van der Waals surface area contributed by atoms with E-state index in [9.17, 15) is 14.0 Å². The van der Waals surface area contributed by atoms with E-state index in [-0.39, 0.29) is 32.5 Å². The normalized spacial score (nSPS) is 19.0. The molecule has 1 saturated heterocycles. The molecule has 0 bridgehead atoms. The molecule has 22 heavy (non-hydrogen) atoms. The summed E-state index contributed by atoms with van der Waals surface area (Å²) in [5.41, 5.74) is -2.60. The van der Waals surface area contributed by atoms with Gasteiger partial charge in [-0.05, 0) is 27.7 Å². The van der Waals surface area contributed by atoms with E-state index in [0.717, 1.165) is 0 Å². The van der Waals surface area contributed by atoms with Gasteiger partial charge in [0.2, 0.25) is 0 Å². The largest absolute Gasteiger partial charge is 0.465 e. The Balaban J connectivity index is 2.68. The van der Waals surface area contributed by atoms with Crippen molar-refractivity contribution in [3.63, 3.8) is 0 Å². The van der Waals surface area contributed by atoms with Crippen LogP contribution >= 0.6 is 0 Å². The maximum atomic E-state index is 14.9. The monoisotopic (exact) mass is 314 g/mol. The summed E-state index contributed by atoms with van der Waals surface area (Å²) in [6.45, 7) is 7.15. The predicted molar refractivity (Wildman–Crippen MR) is 76.6 cm³/mol. The molecule has 6 nitrogen and oxygen atoms in total. The lowest BCUT2D eigenvalue weighted by Crippen LogP contribution is -2.50. The first-order valence-electron chi connectivity index (χ1n) is 7.36. The zero-order valence-electron chi connectivity index (χ0n) is 13.5. The molecule has 1 aliphatic rings. The minimum atomic E-state index is -1.97. The topological polar surface area (TPSA) is 79.6 Å². The molecule has 1 rings (SSSR count). The number of rotatable bonds is 3. The van der Waals surface area contributed by atoms with Gasteiger partial charge in [-0.2, -0.15) is 5.26 Å². The van der Waals surface area contributed by atoms with E-state index in [0.29, 0.717) is 0 Å². The van der Waals surface area contributed by atoms with Crippen LogP contribution in [0, 0.1) is 17.2 Å². The maximum Gasteiger partial charge on any atom is 0.410 e. The first-order valence-corrected chi connectivity index (χ1v) is 7.36. The molecule has 1 unspecified atom stereocenters. The van der Waals surface area contributed by atoms with Crippen molar-refractivity contribution in [2.24, 2.45) is 5.92 Å². The number of halogens is 1. The van der Waals surface area contributed by atoms with Crippen LogP contribution in [0.3, 0.4) is 0 Å². The summed E-state index contributed by atoms with van der Waals surface area (Å²) < 4.78 is 24.9. The molecule has 1 aliphatic heterocycles. The Morgan fingerprint density at radius 2 is 1.91 bits per heavy atom. The number of carbonyl (C=O) groups excluding carboxylic acids is 2. The van der Waals surface area contributed by atoms with Gasteiger partial charge >= 0.3 is 12.1 Å². The fourth-order valence-electron chi connectivity index (χ4n) is 2.28. The molecule has 1 amide bonds. The Morgan fingerprint density at radius 1 is 1.36 bits per heavy atom. The number of likely N-dealkylation sites (tertiary alicyclic amines) is 1. The summed E-state index contributed by atoms with van der Waals surface area (Å²) in [5.74, 6) is -2.31. The van der Waals surface area contributed by atoms with Gasteiger partial charge in [0, 0.05) is 25.9 Å². The standard InChI is InChI=1S/C15H23FN2O4/c1-5-21-12(19)11(10-17)15(16)6-8-18(9-7-15)13(20)22-14(2,3)4/h11H,5-9H2,1-4H3. The van der Waals surface area contributed by atoms with Gasteiger partial charge in [0.1, 0.15) is 11.3 Å². The third kappa shape index (κ3) is 4.58. The van der Waals surface area contributed by atoms with Crippen LogP contribution < -0.4 is 0 Å². The van der Waals surface area contributed by atoms with Crippen LogP contribution in [-0.2, 0) is 14.3 Å². The molecule has 0 aromatic carbocycles. The number of ether oxygens (including phenoxy) is 2. The van der Waals surface area contributed by atoms with Crippen LogP contribution in [0.15, 0.2) is 0 Å². The fourth-order valence-corrected chi connectivity index (χ4v) is 2.28. The summed E-state index contributed by atoms with van der Waals surface area (Å²) in [5, 5.41) is 9.07. The van der Waals surface area contributed by atoms with E-state index in [1.54, 1.807) is 33.8 Å². The van der Waals surface area contributed by atoms with Crippen molar-refractivity contribution in [3.05, 3.63) is 0 Å². The fraction of sp³-hybridized carbons (Fsp3) is 0.800. The van der Waals surface area contributed by atoms with Crippen molar-refractivity contribution in [2.45, 2.75) is 51.8 Å². The van der Waals surface area contributed by atoms with E-state index in [4.69, 9.17) is 14.7 Å². The van der Waals surface area contributed by atoms with Crippen LogP contribution in [0.5, 0.6) is 0 Å². The van der Waals surface area contributed by atoms with Gasteiger partial charge in [0.25, 0.3) is 0 Å². The van der Waals surface area contributed by atoms with Gasteiger partial charge in [-0.1, -0.05) is 0 Å². The number of nitrogens with zero attached hydrogens (tertiary/aromatic N) is 2. The van der Waals surface area contributed by atoms with E-state index >= 15 is 0 Å². The number of carbonyl (C=O) groups is 2. The van der Waals surface area contributed by atoms with Crippen molar-refractivity contribution in [3.8, 4) is 6.07 Å². The zero-order valence-corrected chi connectivity index (χ0v) is 13.5. The molecule has 0 radical (unpaired) electrons. The quantitative estimate of drug-likeness (QED) is 0.747. The third-order valence-corrected chi connectivity index (χ3v) is 3.42. The van der Waals surface area contributed by atoms with Crippen molar-refractivity contribution < 1.29 is 23.5 Å². The lowest BCUT2D eigenvalue weighted by Gasteiger charge is -2.38. The highest BCUT2D eigenvalue weighted by Gasteiger charge is 2.48. The molecule has 7 heteroatoms.